The minimum atomic E-state index is -3.98. The second-order valence-electron chi connectivity index (χ2n) is 12.3. The second-order valence-corrected chi connectivity index (χ2v) is 14.4. The van der Waals surface area contributed by atoms with Gasteiger partial charge in [0.15, 0.2) is 0 Å². The molecule has 1 aliphatic heterocycles. The minimum Gasteiger partial charge on any atom is -0.490 e. The van der Waals surface area contributed by atoms with E-state index < -0.39 is 51.7 Å². The molecule has 1 aliphatic rings. The van der Waals surface area contributed by atoms with E-state index >= 15 is 0 Å². The normalized spacial score (nSPS) is 20.1. The molecule has 14 heteroatoms. The largest absolute Gasteiger partial charge is 0.490 e. The third-order valence-electron chi connectivity index (χ3n) is 8.37. The van der Waals surface area contributed by atoms with E-state index in [0.29, 0.717) is 36.6 Å². The highest BCUT2D eigenvalue weighted by Crippen LogP contribution is 2.29. The summed E-state index contributed by atoms with van der Waals surface area (Å²) in [6.07, 6.45) is 1.15. The number of ether oxygens (including phenoxy) is 2. The Hall–Kier alpha value is -4.11. The van der Waals surface area contributed by atoms with E-state index in [4.69, 9.17) is 9.47 Å². The van der Waals surface area contributed by atoms with Crippen LogP contribution < -0.4 is 15.4 Å². The molecule has 3 N–H and O–H groups in total. The number of nitrogens with zero attached hydrogens (tertiary/aromatic N) is 2. The number of likely N-dealkylation sites (N-methyl/N-ethyl adjacent to an activating group) is 1. The average molecular weight is 703 g/mol. The zero-order valence-electron chi connectivity index (χ0n) is 28.1. The second kappa shape index (κ2) is 17.0. The lowest BCUT2D eigenvalue weighted by Crippen LogP contribution is -2.48. The lowest BCUT2D eigenvalue weighted by molar-refractivity contribution is -0.00834. The van der Waals surface area contributed by atoms with Gasteiger partial charge in [-0.05, 0) is 99.8 Å². The topological polar surface area (TPSA) is 138 Å². The first kappa shape index (κ1) is 37.7. The van der Waals surface area contributed by atoms with Gasteiger partial charge in [-0.2, -0.15) is 4.31 Å². The van der Waals surface area contributed by atoms with Crippen molar-refractivity contribution in [3.8, 4) is 5.75 Å². The summed E-state index contributed by atoms with van der Waals surface area (Å²) in [5.74, 6) is -1.57. The smallest absolute Gasteiger partial charge is 0.323 e. The number of amides is 3. The van der Waals surface area contributed by atoms with E-state index in [-0.39, 0.29) is 36.3 Å². The number of urea groups is 1. The number of aliphatic hydroxyl groups is 1. The van der Waals surface area contributed by atoms with Crippen LogP contribution in [0, 0.1) is 17.6 Å². The number of carbonyl (C=O) groups excluding carboxylic acids is 2. The Morgan fingerprint density at radius 1 is 1.00 bits per heavy atom. The van der Waals surface area contributed by atoms with Gasteiger partial charge < -0.3 is 30.1 Å². The molecule has 0 radical (unpaired) electrons. The molecule has 0 saturated heterocycles. The van der Waals surface area contributed by atoms with Gasteiger partial charge in [0.2, 0.25) is 10.0 Å². The summed E-state index contributed by atoms with van der Waals surface area (Å²) in [6, 6.07) is 13.3. The highest BCUT2D eigenvalue weighted by molar-refractivity contribution is 7.89. The fourth-order valence-electron chi connectivity index (χ4n) is 5.43. The zero-order valence-corrected chi connectivity index (χ0v) is 28.9. The van der Waals surface area contributed by atoms with Gasteiger partial charge in [-0.1, -0.05) is 6.92 Å². The van der Waals surface area contributed by atoms with E-state index in [1.54, 1.807) is 19.1 Å². The Balaban J connectivity index is 1.62. The molecule has 3 amide bonds. The summed E-state index contributed by atoms with van der Waals surface area (Å²) in [5.41, 5.74) is 0.822. The molecule has 0 aliphatic carbocycles. The summed E-state index contributed by atoms with van der Waals surface area (Å²) in [7, 11) is -2.55. The predicted octanol–water partition coefficient (Wildman–Crippen LogP) is 5.73. The monoisotopic (exact) mass is 702 g/mol. The quantitative estimate of drug-likeness (QED) is 0.273. The van der Waals surface area contributed by atoms with Crippen LogP contribution in [0.2, 0.25) is 0 Å². The Morgan fingerprint density at radius 3 is 2.27 bits per heavy atom. The number of aliphatic hydroxyl groups excluding tert-OH is 1. The van der Waals surface area contributed by atoms with Crippen LogP contribution in [0.15, 0.2) is 71.6 Å². The first-order valence-electron chi connectivity index (χ1n) is 16.2. The Kier molecular flexibility index (Phi) is 13.1. The molecule has 0 fully saturated rings. The molecule has 0 spiro atoms. The lowest BCUT2D eigenvalue weighted by Gasteiger charge is -2.35. The van der Waals surface area contributed by atoms with Crippen molar-refractivity contribution in [3.05, 3.63) is 83.9 Å². The summed E-state index contributed by atoms with van der Waals surface area (Å²) in [6.45, 7) is 5.47. The number of sulfonamides is 1. The third-order valence-corrected chi connectivity index (χ3v) is 10.2. The predicted molar refractivity (Wildman–Crippen MR) is 182 cm³/mol. The SMILES string of the molecule is C[C@@H]1CCCCO[C@@H](CN(C)S(=O)(=O)c2ccc(F)cc2)[C@H](C)CN([C@H](C)CO)C(=O)c2cc(NC(=O)Nc3ccc(F)cc3)ccc2O1. The van der Waals surface area contributed by atoms with Crippen LogP contribution in [0.5, 0.6) is 5.75 Å². The van der Waals surface area contributed by atoms with Gasteiger partial charge in [0.1, 0.15) is 17.4 Å². The van der Waals surface area contributed by atoms with Gasteiger partial charge in [-0.15, -0.1) is 0 Å². The number of benzene rings is 3. The molecule has 0 bridgehead atoms. The van der Waals surface area contributed by atoms with Crippen LogP contribution in [-0.2, 0) is 14.8 Å². The lowest BCUT2D eigenvalue weighted by atomic mass is 10.0. The first-order valence-corrected chi connectivity index (χ1v) is 17.6. The summed E-state index contributed by atoms with van der Waals surface area (Å²) < 4.78 is 67.1. The van der Waals surface area contributed by atoms with E-state index in [0.717, 1.165) is 22.9 Å². The van der Waals surface area contributed by atoms with Crippen LogP contribution in [0.3, 0.4) is 0 Å². The molecule has 266 valence electrons. The highest BCUT2D eigenvalue weighted by Gasteiger charge is 2.32. The maximum Gasteiger partial charge on any atom is 0.323 e. The highest BCUT2D eigenvalue weighted by atomic mass is 32.2. The van der Waals surface area contributed by atoms with Crippen LogP contribution in [-0.4, -0.2) is 86.3 Å². The molecule has 4 rings (SSSR count). The Bertz CT molecular complexity index is 1680. The van der Waals surface area contributed by atoms with Crippen molar-refractivity contribution in [2.24, 2.45) is 5.92 Å². The number of halogens is 2. The molecular weight excluding hydrogens is 658 g/mol. The van der Waals surface area contributed by atoms with Crippen molar-refractivity contribution < 1.29 is 41.4 Å². The van der Waals surface area contributed by atoms with Crippen molar-refractivity contribution >= 4 is 33.3 Å². The summed E-state index contributed by atoms with van der Waals surface area (Å²) >= 11 is 0. The number of hydrogen-bond acceptors (Lipinski definition) is 7. The van der Waals surface area contributed by atoms with Crippen molar-refractivity contribution in [3.63, 3.8) is 0 Å². The number of nitrogens with one attached hydrogen (secondary N) is 2. The molecule has 11 nitrogen and oxygen atoms in total. The molecule has 0 unspecified atom stereocenters. The van der Waals surface area contributed by atoms with Gasteiger partial charge in [0.05, 0.1) is 35.3 Å². The fourth-order valence-corrected chi connectivity index (χ4v) is 6.61. The van der Waals surface area contributed by atoms with E-state index in [1.165, 1.54) is 54.4 Å². The van der Waals surface area contributed by atoms with E-state index in [2.05, 4.69) is 10.6 Å². The molecule has 49 heavy (non-hydrogen) atoms. The Morgan fingerprint density at radius 2 is 1.61 bits per heavy atom. The minimum absolute atomic E-state index is 0.0379. The van der Waals surface area contributed by atoms with Gasteiger partial charge in [-0.25, -0.2) is 22.0 Å². The van der Waals surface area contributed by atoms with Crippen LogP contribution >= 0.6 is 0 Å². The van der Waals surface area contributed by atoms with Crippen molar-refractivity contribution in [2.75, 3.05) is 44.0 Å². The Labute approximate surface area is 286 Å². The van der Waals surface area contributed by atoms with E-state index in [1.807, 2.05) is 13.8 Å². The molecule has 0 saturated carbocycles. The first-order chi connectivity index (χ1) is 23.3. The average Bonchev–Trinajstić information content (AvgIpc) is 3.07. The molecule has 0 aromatic heterocycles. The number of rotatable bonds is 8. The maximum atomic E-state index is 14.3. The van der Waals surface area contributed by atoms with E-state index in [9.17, 15) is 31.9 Å². The van der Waals surface area contributed by atoms with Crippen molar-refractivity contribution in [2.45, 2.75) is 63.2 Å². The number of hydrogen-bond donors (Lipinski definition) is 3. The summed E-state index contributed by atoms with van der Waals surface area (Å²) in [4.78, 5) is 28.5. The van der Waals surface area contributed by atoms with Crippen molar-refractivity contribution in [1.82, 2.24) is 9.21 Å². The van der Waals surface area contributed by atoms with Gasteiger partial charge >= 0.3 is 6.03 Å². The third kappa shape index (κ3) is 10.2. The number of anilines is 2. The van der Waals surface area contributed by atoms with Crippen LogP contribution in [0.1, 0.15) is 50.4 Å². The molecule has 1 heterocycles. The van der Waals surface area contributed by atoms with Crippen LogP contribution in [0.25, 0.3) is 0 Å². The van der Waals surface area contributed by atoms with Crippen molar-refractivity contribution in [1.29, 1.82) is 0 Å². The molecule has 3 aromatic rings. The molecule has 3 aromatic carbocycles. The van der Waals surface area contributed by atoms with Gasteiger partial charge in [0.25, 0.3) is 5.91 Å². The van der Waals surface area contributed by atoms with Gasteiger partial charge in [-0.3, -0.25) is 4.79 Å². The zero-order chi connectivity index (χ0) is 35.7. The number of carbonyl (C=O) groups is 2. The summed E-state index contributed by atoms with van der Waals surface area (Å²) in [5, 5.41) is 15.5. The number of fused-ring (bicyclic) bond motifs is 1. The standard InChI is InChI=1S/C35H44F2N4O7S/c1-23-20-41(24(2)22-42)34(43)31-19-29(39-35(44)38-28-12-8-26(36)9-13-28)14-17-32(31)48-25(3)7-5-6-18-47-33(23)21-40(4)49(45,46)30-15-10-27(37)11-16-30/h8-17,19,23-25,33,42H,5-7,18,20-22H2,1-4H3,(H2,38,39,44)/t23-,24-,25-,33+/m1/s1. The maximum absolute atomic E-state index is 14.3. The van der Waals surface area contributed by atoms with Crippen LogP contribution in [0.4, 0.5) is 25.0 Å². The fraction of sp³-hybridized carbons (Fsp3) is 0.429. The molecule has 4 atom stereocenters. The van der Waals surface area contributed by atoms with Gasteiger partial charge in [0, 0.05) is 44.0 Å². The molecular formula is C35H44F2N4O7S.